The van der Waals surface area contributed by atoms with E-state index in [1.54, 1.807) is 0 Å². The number of carboxylic acid groups (broad SMARTS) is 1. The fourth-order valence-electron chi connectivity index (χ4n) is 2.10. The fraction of sp³-hybridized carbons (Fsp3) is 0.882. The molecule has 0 heterocycles. The van der Waals surface area contributed by atoms with Crippen LogP contribution in [-0.4, -0.2) is 23.7 Å². The lowest BCUT2D eigenvalue weighted by Crippen LogP contribution is -2.24. The van der Waals surface area contributed by atoms with E-state index in [9.17, 15) is 9.59 Å². The van der Waals surface area contributed by atoms with E-state index in [0.29, 0.717) is 19.4 Å². The Labute approximate surface area is 129 Å². The van der Waals surface area contributed by atoms with Crippen LogP contribution >= 0.6 is 0 Å². The third-order valence-corrected chi connectivity index (χ3v) is 3.33. The van der Waals surface area contributed by atoms with Crippen LogP contribution in [0.4, 0.5) is 0 Å². The molecule has 4 heteroatoms. The van der Waals surface area contributed by atoms with E-state index in [1.807, 2.05) is 20.8 Å². The van der Waals surface area contributed by atoms with Crippen molar-refractivity contribution in [3.05, 3.63) is 0 Å². The SMILES string of the molecule is CCCCCCC(CCCC(=O)O)C(=O)OCC(C)(C)C. The average molecular weight is 300 g/mol. The van der Waals surface area contributed by atoms with E-state index in [1.165, 1.54) is 6.42 Å². The minimum Gasteiger partial charge on any atom is -0.481 e. The van der Waals surface area contributed by atoms with Crippen molar-refractivity contribution in [1.29, 1.82) is 0 Å². The van der Waals surface area contributed by atoms with Gasteiger partial charge < -0.3 is 9.84 Å². The van der Waals surface area contributed by atoms with Crippen LogP contribution in [0.25, 0.3) is 0 Å². The molecule has 0 aromatic carbocycles. The van der Waals surface area contributed by atoms with E-state index >= 15 is 0 Å². The highest BCUT2D eigenvalue weighted by Crippen LogP contribution is 2.21. The van der Waals surface area contributed by atoms with Crippen LogP contribution < -0.4 is 0 Å². The molecule has 1 atom stereocenters. The number of ether oxygens (including phenoxy) is 1. The van der Waals surface area contributed by atoms with Crippen molar-refractivity contribution in [3.8, 4) is 0 Å². The first kappa shape index (κ1) is 19.9. The van der Waals surface area contributed by atoms with E-state index in [2.05, 4.69) is 6.92 Å². The fourth-order valence-corrected chi connectivity index (χ4v) is 2.10. The van der Waals surface area contributed by atoms with Gasteiger partial charge >= 0.3 is 11.9 Å². The highest BCUT2D eigenvalue weighted by atomic mass is 16.5. The zero-order valence-corrected chi connectivity index (χ0v) is 14.1. The second-order valence-corrected chi connectivity index (χ2v) is 7.00. The Hall–Kier alpha value is -1.06. The number of carbonyl (C=O) groups excluding carboxylic acids is 1. The Kier molecular flexibility index (Phi) is 10.1. The number of rotatable bonds is 11. The minimum atomic E-state index is -0.803. The van der Waals surface area contributed by atoms with Crippen LogP contribution in [0.15, 0.2) is 0 Å². The summed E-state index contributed by atoms with van der Waals surface area (Å²) >= 11 is 0. The third-order valence-electron chi connectivity index (χ3n) is 3.33. The lowest BCUT2D eigenvalue weighted by Gasteiger charge is -2.21. The smallest absolute Gasteiger partial charge is 0.308 e. The summed E-state index contributed by atoms with van der Waals surface area (Å²) in [6.07, 6.45) is 6.56. The first-order valence-electron chi connectivity index (χ1n) is 8.14. The molecule has 21 heavy (non-hydrogen) atoms. The standard InChI is InChI=1S/C17H32O4/c1-5-6-7-8-10-14(11-9-12-15(18)19)16(20)21-13-17(2,3)4/h14H,5-13H2,1-4H3,(H,18,19). The first-order valence-corrected chi connectivity index (χ1v) is 8.14. The van der Waals surface area contributed by atoms with Crippen molar-refractivity contribution in [1.82, 2.24) is 0 Å². The Bertz CT molecular complexity index is 304. The van der Waals surface area contributed by atoms with Crippen molar-refractivity contribution >= 4 is 11.9 Å². The number of aliphatic carboxylic acids is 1. The van der Waals surface area contributed by atoms with Crippen molar-refractivity contribution in [2.45, 2.75) is 79.1 Å². The van der Waals surface area contributed by atoms with E-state index in [-0.39, 0.29) is 23.7 Å². The van der Waals surface area contributed by atoms with Crippen LogP contribution in [0.3, 0.4) is 0 Å². The Morgan fingerprint density at radius 1 is 1.05 bits per heavy atom. The van der Waals surface area contributed by atoms with Gasteiger partial charge in [0.1, 0.15) is 0 Å². The number of carbonyl (C=O) groups is 2. The predicted octanol–water partition coefficient (Wildman–Crippen LogP) is 4.42. The zero-order chi connectivity index (χ0) is 16.3. The highest BCUT2D eigenvalue weighted by Gasteiger charge is 2.22. The molecule has 0 aliphatic rings. The normalized spacial score (nSPS) is 13.0. The van der Waals surface area contributed by atoms with Crippen LogP contribution in [0.1, 0.15) is 79.1 Å². The van der Waals surface area contributed by atoms with Crippen LogP contribution in [0, 0.1) is 11.3 Å². The molecule has 0 fully saturated rings. The van der Waals surface area contributed by atoms with Gasteiger partial charge in [-0.1, -0.05) is 53.4 Å². The number of esters is 1. The van der Waals surface area contributed by atoms with Crippen molar-refractivity contribution < 1.29 is 19.4 Å². The maximum Gasteiger partial charge on any atom is 0.308 e. The van der Waals surface area contributed by atoms with Gasteiger partial charge in [0, 0.05) is 6.42 Å². The molecule has 0 bridgehead atoms. The second kappa shape index (κ2) is 10.6. The maximum absolute atomic E-state index is 12.2. The third kappa shape index (κ3) is 12.4. The molecular weight excluding hydrogens is 268 g/mol. The molecule has 0 aromatic heterocycles. The van der Waals surface area contributed by atoms with Crippen molar-refractivity contribution in [2.24, 2.45) is 11.3 Å². The van der Waals surface area contributed by atoms with Gasteiger partial charge in [-0.25, -0.2) is 0 Å². The summed E-state index contributed by atoms with van der Waals surface area (Å²) in [7, 11) is 0. The molecule has 0 saturated carbocycles. The van der Waals surface area contributed by atoms with Gasteiger partial charge in [0.15, 0.2) is 0 Å². The topological polar surface area (TPSA) is 63.6 Å². The minimum absolute atomic E-state index is 0.0382. The highest BCUT2D eigenvalue weighted by molar-refractivity contribution is 5.72. The van der Waals surface area contributed by atoms with Gasteiger partial charge in [-0.2, -0.15) is 0 Å². The summed E-state index contributed by atoms with van der Waals surface area (Å²) in [6.45, 7) is 8.65. The molecule has 0 spiro atoms. The van der Waals surface area contributed by atoms with E-state index in [0.717, 1.165) is 25.7 Å². The average Bonchev–Trinajstić information content (AvgIpc) is 2.37. The van der Waals surface area contributed by atoms with Crippen molar-refractivity contribution in [3.63, 3.8) is 0 Å². The monoisotopic (exact) mass is 300 g/mol. The molecule has 0 radical (unpaired) electrons. The second-order valence-electron chi connectivity index (χ2n) is 7.00. The summed E-state index contributed by atoms with van der Waals surface area (Å²) < 4.78 is 5.40. The molecule has 1 N–H and O–H groups in total. The number of unbranched alkanes of at least 4 members (excludes halogenated alkanes) is 3. The summed E-state index contributed by atoms with van der Waals surface area (Å²) in [4.78, 5) is 22.8. The molecule has 4 nitrogen and oxygen atoms in total. The quantitative estimate of drug-likeness (QED) is 0.453. The molecular formula is C17H32O4. The van der Waals surface area contributed by atoms with Gasteiger partial charge in [0.05, 0.1) is 12.5 Å². The predicted molar refractivity (Wildman–Crippen MR) is 84.1 cm³/mol. The number of hydrogen-bond acceptors (Lipinski definition) is 3. The van der Waals surface area contributed by atoms with E-state index in [4.69, 9.17) is 9.84 Å². The molecule has 124 valence electrons. The number of carboxylic acids is 1. The summed E-state index contributed by atoms with van der Waals surface area (Å²) in [5.74, 6) is -1.11. The van der Waals surface area contributed by atoms with Gasteiger partial charge in [0.2, 0.25) is 0 Å². The van der Waals surface area contributed by atoms with Gasteiger partial charge in [-0.15, -0.1) is 0 Å². The number of hydrogen-bond donors (Lipinski definition) is 1. The molecule has 0 saturated heterocycles. The molecule has 0 rings (SSSR count). The maximum atomic E-state index is 12.2. The summed E-state index contributed by atoms with van der Waals surface area (Å²) in [5, 5.41) is 8.70. The van der Waals surface area contributed by atoms with Crippen LogP contribution in [0.2, 0.25) is 0 Å². The molecule has 0 aliphatic heterocycles. The van der Waals surface area contributed by atoms with Gasteiger partial charge in [-0.05, 0) is 24.7 Å². The zero-order valence-electron chi connectivity index (χ0n) is 14.1. The summed E-state index contributed by atoms with van der Waals surface area (Å²) in [5.41, 5.74) is -0.0382. The lowest BCUT2D eigenvalue weighted by atomic mass is 9.94. The van der Waals surface area contributed by atoms with Gasteiger partial charge in [0.25, 0.3) is 0 Å². The Balaban J connectivity index is 4.26. The Morgan fingerprint density at radius 3 is 2.19 bits per heavy atom. The molecule has 0 amide bonds. The van der Waals surface area contributed by atoms with Crippen LogP contribution in [0.5, 0.6) is 0 Å². The Morgan fingerprint density at radius 2 is 1.67 bits per heavy atom. The molecule has 0 aliphatic carbocycles. The van der Waals surface area contributed by atoms with Crippen molar-refractivity contribution in [2.75, 3.05) is 6.61 Å². The molecule has 0 aromatic rings. The molecule has 1 unspecified atom stereocenters. The summed E-state index contributed by atoms with van der Waals surface area (Å²) in [6, 6.07) is 0. The lowest BCUT2D eigenvalue weighted by molar-refractivity contribution is -0.152. The first-order chi connectivity index (χ1) is 9.76. The van der Waals surface area contributed by atoms with Crippen LogP contribution in [-0.2, 0) is 14.3 Å². The van der Waals surface area contributed by atoms with E-state index < -0.39 is 5.97 Å². The van der Waals surface area contributed by atoms with Gasteiger partial charge in [-0.3, -0.25) is 9.59 Å². The largest absolute Gasteiger partial charge is 0.481 e.